The van der Waals surface area contributed by atoms with E-state index in [1.165, 1.54) is 23.3 Å². The van der Waals surface area contributed by atoms with Crippen LogP contribution in [0.25, 0.3) is 0 Å². The number of imidazole rings is 1. The molecule has 2 unspecified atom stereocenters. The lowest BCUT2D eigenvalue weighted by Gasteiger charge is -2.24. The lowest BCUT2D eigenvalue weighted by atomic mass is 9.87. The molecule has 2 aromatic carbocycles. The number of benzene rings is 2. The van der Waals surface area contributed by atoms with Crippen molar-refractivity contribution >= 4 is 23.5 Å². The number of carbonyl (C=O) groups is 1. The van der Waals surface area contributed by atoms with E-state index < -0.39 is 11.9 Å². The molecule has 1 N–H and O–H groups in total. The van der Waals surface area contributed by atoms with Gasteiger partial charge in [0.05, 0.1) is 11.3 Å². The van der Waals surface area contributed by atoms with Crippen LogP contribution in [0, 0.1) is 5.82 Å². The summed E-state index contributed by atoms with van der Waals surface area (Å²) in [6.45, 7) is 5.75. The Hall–Kier alpha value is -3.71. The van der Waals surface area contributed by atoms with Crippen LogP contribution in [0.1, 0.15) is 49.8 Å². The molecule has 2 amide bonds. The normalized spacial score (nSPS) is 17.9. The Morgan fingerprint density at radius 1 is 1.21 bits per heavy atom. The number of amidine groups is 1. The summed E-state index contributed by atoms with van der Waals surface area (Å²) in [5, 5.41) is 2.99. The van der Waals surface area contributed by atoms with Gasteiger partial charge in [0.2, 0.25) is 0 Å². The summed E-state index contributed by atoms with van der Waals surface area (Å²) in [5.41, 5.74) is 3.06. The number of allylic oxidation sites excluding steroid dienone is 4. The summed E-state index contributed by atoms with van der Waals surface area (Å²) >= 11 is 5.95. The molecule has 4 rings (SSSR count). The van der Waals surface area contributed by atoms with Crippen molar-refractivity contribution in [3.8, 4) is 0 Å². The van der Waals surface area contributed by atoms with Crippen molar-refractivity contribution in [2.75, 3.05) is 13.1 Å². The van der Waals surface area contributed by atoms with Crippen LogP contribution in [-0.2, 0) is 6.54 Å². The third-order valence-electron chi connectivity index (χ3n) is 6.70. The summed E-state index contributed by atoms with van der Waals surface area (Å²) in [6.07, 6.45) is 13.1. The number of hydrogen-bond donors (Lipinski definition) is 1. The molecule has 0 radical (unpaired) electrons. The zero-order chi connectivity index (χ0) is 26.9. The second-order valence-corrected chi connectivity index (χ2v) is 9.57. The van der Waals surface area contributed by atoms with Crippen molar-refractivity contribution in [2.24, 2.45) is 4.99 Å². The van der Waals surface area contributed by atoms with E-state index >= 15 is 0 Å². The molecule has 2 heterocycles. The maximum absolute atomic E-state index is 14.4. The first kappa shape index (κ1) is 27.3. The molecule has 198 valence electrons. The molecule has 2 atom stereocenters. The van der Waals surface area contributed by atoms with Crippen LogP contribution in [0.4, 0.5) is 9.18 Å². The molecule has 0 spiro atoms. The third-order valence-corrected chi connectivity index (χ3v) is 7.00. The lowest BCUT2D eigenvalue weighted by Crippen LogP contribution is -2.31. The SMILES string of the molecule is C/C=C\C(=C/C)C(CC/N=C1\NC(=O)N(CCCn2ccnc2)C1c1ccc(Cl)c(F)c1)c1ccccc1. The van der Waals surface area contributed by atoms with Gasteiger partial charge in [-0.15, -0.1) is 0 Å². The van der Waals surface area contributed by atoms with E-state index in [-0.39, 0.29) is 17.0 Å². The Balaban J connectivity index is 1.57. The smallest absolute Gasteiger partial charge is 0.323 e. The average Bonchev–Trinajstić information content (AvgIpc) is 3.55. The largest absolute Gasteiger partial charge is 0.337 e. The monoisotopic (exact) mass is 533 g/mol. The Labute approximate surface area is 228 Å². The van der Waals surface area contributed by atoms with Gasteiger partial charge in [0.15, 0.2) is 0 Å². The second-order valence-electron chi connectivity index (χ2n) is 9.16. The first-order valence-electron chi connectivity index (χ1n) is 12.9. The van der Waals surface area contributed by atoms with Crippen LogP contribution in [0.3, 0.4) is 0 Å². The van der Waals surface area contributed by atoms with Crippen molar-refractivity contribution < 1.29 is 9.18 Å². The summed E-state index contributed by atoms with van der Waals surface area (Å²) in [7, 11) is 0. The number of nitrogens with one attached hydrogen (secondary N) is 1. The summed E-state index contributed by atoms with van der Waals surface area (Å²) < 4.78 is 16.4. The standard InChI is InChI=1S/C30H33ClFN5O/c1-3-9-22(4-2)25(23-10-6-5-7-11-23)14-15-34-29-28(24-12-13-26(31)27(32)20-24)37(30(38)35-29)18-8-17-36-19-16-33-21-36/h3-7,9-13,16,19-21,25,28H,8,14-15,17-18H2,1-2H3,(H,34,35,38)/b9-3-,22-4+. The molecule has 6 nitrogen and oxygen atoms in total. The summed E-state index contributed by atoms with van der Waals surface area (Å²) in [5.74, 6) is 0.172. The highest BCUT2D eigenvalue weighted by atomic mass is 35.5. The van der Waals surface area contributed by atoms with Gasteiger partial charge in [0.1, 0.15) is 17.7 Å². The number of carbonyl (C=O) groups excluding carboxylic acids is 1. The molecule has 1 saturated heterocycles. The highest BCUT2D eigenvalue weighted by Gasteiger charge is 2.37. The van der Waals surface area contributed by atoms with Crippen LogP contribution < -0.4 is 5.32 Å². The Morgan fingerprint density at radius 3 is 2.71 bits per heavy atom. The number of nitrogens with zero attached hydrogens (tertiary/aromatic N) is 4. The quantitative estimate of drug-likeness (QED) is 0.272. The number of rotatable bonds is 11. The fourth-order valence-electron chi connectivity index (χ4n) is 4.87. The minimum absolute atomic E-state index is 0.0461. The number of aliphatic imine (C=N–C) groups is 1. The van der Waals surface area contributed by atoms with Crippen LogP contribution >= 0.6 is 11.6 Å². The maximum atomic E-state index is 14.4. The Bertz CT molecular complexity index is 1300. The van der Waals surface area contributed by atoms with Gasteiger partial charge in [0.25, 0.3) is 0 Å². The summed E-state index contributed by atoms with van der Waals surface area (Å²) in [6, 6.07) is 14.3. The van der Waals surface area contributed by atoms with E-state index in [2.05, 4.69) is 34.6 Å². The number of hydrogen-bond acceptors (Lipinski definition) is 3. The zero-order valence-electron chi connectivity index (χ0n) is 21.7. The molecule has 8 heteroatoms. The van der Waals surface area contributed by atoms with Gasteiger partial charge in [-0.25, -0.2) is 14.2 Å². The van der Waals surface area contributed by atoms with Crippen LogP contribution in [0.15, 0.2) is 96.0 Å². The van der Waals surface area contributed by atoms with Gasteiger partial charge in [0, 0.05) is 37.9 Å². The number of aromatic nitrogens is 2. The topological polar surface area (TPSA) is 62.5 Å². The van der Waals surface area contributed by atoms with Gasteiger partial charge < -0.3 is 9.47 Å². The van der Waals surface area contributed by atoms with Gasteiger partial charge >= 0.3 is 6.03 Å². The maximum Gasteiger partial charge on any atom is 0.323 e. The molecule has 1 aliphatic heterocycles. The predicted octanol–water partition coefficient (Wildman–Crippen LogP) is 6.93. The number of amides is 2. The van der Waals surface area contributed by atoms with Gasteiger partial charge in [-0.1, -0.05) is 66.2 Å². The average molecular weight is 534 g/mol. The van der Waals surface area contributed by atoms with Gasteiger partial charge in [-0.05, 0) is 55.5 Å². The molecule has 1 aliphatic rings. The lowest BCUT2D eigenvalue weighted by molar-refractivity contribution is 0.204. The molecule has 3 aromatic rings. The van der Waals surface area contributed by atoms with Crippen molar-refractivity contribution in [2.45, 2.75) is 45.2 Å². The van der Waals surface area contributed by atoms with Crippen LogP contribution in [-0.4, -0.2) is 39.4 Å². The van der Waals surface area contributed by atoms with Crippen molar-refractivity contribution in [1.82, 2.24) is 19.8 Å². The van der Waals surface area contributed by atoms with Crippen molar-refractivity contribution in [3.05, 3.63) is 113 Å². The van der Waals surface area contributed by atoms with E-state index in [0.29, 0.717) is 37.5 Å². The molecule has 0 aliphatic carbocycles. The molecule has 1 fully saturated rings. The van der Waals surface area contributed by atoms with Crippen LogP contribution in [0.5, 0.6) is 0 Å². The Kier molecular flexibility index (Phi) is 9.49. The van der Waals surface area contributed by atoms with Crippen LogP contribution in [0.2, 0.25) is 5.02 Å². The Morgan fingerprint density at radius 2 is 2.03 bits per heavy atom. The minimum Gasteiger partial charge on any atom is -0.337 e. The first-order valence-corrected chi connectivity index (χ1v) is 13.3. The molecule has 0 saturated carbocycles. The van der Waals surface area contributed by atoms with E-state index in [1.807, 2.05) is 48.9 Å². The van der Waals surface area contributed by atoms with Gasteiger partial charge in [-0.3, -0.25) is 10.3 Å². The molecular weight excluding hydrogens is 501 g/mol. The molecule has 0 bridgehead atoms. The predicted molar refractivity (Wildman–Crippen MR) is 151 cm³/mol. The number of urea groups is 1. The van der Waals surface area contributed by atoms with Crippen molar-refractivity contribution in [3.63, 3.8) is 0 Å². The van der Waals surface area contributed by atoms with E-state index in [9.17, 15) is 9.18 Å². The van der Waals surface area contributed by atoms with E-state index in [0.717, 1.165) is 6.42 Å². The molecule has 1 aromatic heterocycles. The van der Waals surface area contributed by atoms with Gasteiger partial charge in [-0.2, -0.15) is 0 Å². The second kappa shape index (κ2) is 13.2. The summed E-state index contributed by atoms with van der Waals surface area (Å²) in [4.78, 5) is 23.7. The fraction of sp³-hybridized carbons (Fsp3) is 0.300. The number of halogens is 2. The molecular formula is C30H33ClFN5O. The zero-order valence-corrected chi connectivity index (χ0v) is 22.5. The first-order chi connectivity index (χ1) is 18.5. The van der Waals surface area contributed by atoms with E-state index in [1.54, 1.807) is 23.5 Å². The number of aryl methyl sites for hydroxylation is 1. The highest BCUT2D eigenvalue weighted by Crippen LogP contribution is 2.31. The molecule has 38 heavy (non-hydrogen) atoms. The minimum atomic E-state index is -0.519. The highest BCUT2D eigenvalue weighted by molar-refractivity contribution is 6.30. The van der Waals surface area contributed by atoms with E-state index in [4.69, 9.17) is 16.6 Å². The fourth-order valence-corrected chi connectivity index (χ4v) is 4.98. The third kappa shape index (κ3) is 6.58. The van der Waals surface area contributed by atoms with Crippen molar-refractivity contribution in [1.29, 1.82) is 0 Å².